The third-order valence-electron chi connectivity index (χ3n) is 4.88. The van der Waals surface area contributed by atoms with Crippen LogP contribution in [-0.4, -0.2) is 14.3 Å². The second-order valence-corrected chi connectivity index (χ2v) is 8.87. The zero-order valence-corrected chi connectivity index (χ0v) is 17.5. The summed E-state index contributed by atoms with van der Waals surface area (Å²) in [6.45, 7) is 0. The van der Waals surface area contributed by atoms with E-state index in [4.69, 9.17) is 0 Å². The fourth-order valence-corrected chi connectivity index (χ4v) is 4.34. The lowest BCUT2D eigenvalue weighted by Gasteiger charge is -2.11. The van der Waals surface area contributed by atoms with Gasteiger partial charge in [-0.05, 0) is 48.5 Å². The van der Waals surface area contributed by atoms with Gasteiger partial charge >= 0.3 is 6.18 Å². The fraction of sp³-hybridized carbons (Fsp3) is 0.0455. The number of hydrogen-bond acceptors (Lipinski definition) is 3. The van der Waals surface area contributed by atoms with Crippen LogP contribution in [0, 0.1) is 17.5 Å². The molecule has 0 saturated heterocycles. The molecule has 1 amide bonds. The van der Waals surface area contributed by atoms with E-state index in [2.05, 4.69) is 10.0 Å². The normalized spacial score (nSPS) is 14.8. The first-order chi connectivity index (χ1) is 15.8. The number of hydrogen-bond donors (Lipinski definition) is 2. The van der Waals surface area contributed by atoms with Crippen molar-refractivity contribution in [1.82, 2.24) is 0 Å². The smallest absolute Gasteiger partial charge is 0.321 e. The lowest BCUT2D eigenvalue weighted by molar-refractivity contribution is -0.137. The largest absolute Gasteiger partial charge is 0.416 e. The third-order valence-corrected chi connectivity index (χ3v) is 6.26. The molecule has 0 aliphatic carbocycles. The fourth-order valence-electron chi connectivity index (χ4n) is 3.25. The minimum atomic E-state index is -4.59. The Hall–Kier alpha value is -3.80. The molecule has 12 heteroatoms. The number of rotatable bonds is 4. The van der Waals surface area contributed by atoms with Crippen molar-refractivity contribution in [3.8, 4) is 0 Å². The van der Waals surface area contributed by atoms with E-state index in [-0.39, 0.29) is 27.4 Å². The zero-order valence-electron chi connectivity index (χ0n) is 16.7. The minimum Gasteiger partial charge on any atom is -0.321 e. The quantitative estimate of drug-likeness (QED) is 0.373. The molecular formula is C22H12F6N2O3S. The van der Waals surface area contributed by atoms with Crippen LogP contribution in [0.2, 0.25) is 0 Å². The molecule has 0 radical (unpaired) electrons. The lowest BCUT2D eigenvalue weighted by atomic mass is 10.0. The van der Waals surface area contributed by atoms with Crippen molar-refractivity contribution >= 4 is 39.0 Å². The van der Waals surface area contributed by atoms with Crippen LogP contribution in [0.5, 0.6) is 0 Å². The number of benzene rings is 3. The summed E-state index contributed by atoms with van der Waals surface area (Å²) in [6.07, 6.45) is -3.77. The van der Waals surface area contributed by atoms with Crippen molar-refractivity contribution in [3.05, 3.63) is 88.7 Å². The Balaban J connectivity index is 1.70. The Bertz CT molecular complexity index is 1430. The molecule has 4 rings (SSSR count). The van der Waals surface area contributed by atoms with Crippen LogP contribution in [-0.2, 0) is 21.0 Å². The van der Waals surface area contributed by atoms with Crippen LogP contribution >= 0.6 is 0 Å². The average Bonchev–Trinajstić information content (AvgIpc) is 3.04. The van der Waals surface area contributed by atoms with Gasteiger partial charge in [-0.15, -0.1) is 0 Å². The van der Waals surface area contributed by atoms with E-state index in [1.165, 1.54) is 6.07 Å². The minimum absolute atomic E-state index is 0.00317. The molecular weight excluding hydrogens is 486 g/mol. The first-order valence-corrected chi connectivity index (χ1v) is 10.9. The summed E-state index contributed by atoms with van der Waals surface area (Å²) < 4.78 is 107. The van der Waals surface area contributed by atoms with Gasteiger partial charge in [-0.25, -0.2) is 21.6 Å². The molecule has 0 aromatic heterocycles. The molecule has 0 fully saturated rings. The average molecular weight is 498 g/mol. The van der Waals surface area contributed by atoms with E-state index < -0.39 is 50.7 Å². The molecule has 3 aromatic carbocycles. The highest BCUT2D eigenvalue weighted by Crippen LogP contribution is 2.36. The Morgan fingerprint density at radius 1 is 0.882 bits per heavy atom. The lowest BCUT2D eigenvalue weighted by Crippen LogP contribution is -2.13. The number of amides is 1. The number of anilines is 2. The van der Waals surface area contributed by atoms with Crippen LogP contribution in [0.1, 0.15) is 16.7 Å². The van der Waals surface area contributed by atoms with Crippen LogP contribution in [0.15, 0.2) is 59.5 Å². The van der Waals surface area contributed by atoms with Gasteiger partial charge in [0.25, 0.3) is 15.9 Å². The topological polar surface area (TPSA) is 75.3 Å². The predicted molar refractivity (Wildman–Crippen MR) is 112 cm³/mol. The van der Waals surface area contributed by atoms with Crippen molar-refractivity contribution in [3.63, 3.8) is 0 Å². The maximum absolute atomic E-state index is 14.0. The zero-order chi connectivity index (χ0) is 24.8. The molecule has 34 heavy (non-hydrogen) atoms. The molecule has 0 spiro atoms. The first kappa shape index (κ1) is 23.4. The van der Waals surface area contributed by atoms with Gasteiger partial charge in [0.05, 0.1) is 10.5 Å². The molecule has 2 N–H and O–H groups in total. The van der Waals surface area contributed by atoms with Gasteiger partial charge in [0, 0.05) is 40.2 Å². The second-order valence-electron chi connectivity index (χ2n) is 7.18. The van der Waals surface area contributed by atoms with Gasteiger partial charge in [0.15, 0.2) is 0 Å². The molecule has 1 aliphatic rings. The first-order valence-electron chi connectivity index (χ1n) is 9.37. The summed E-state index contributed by atoms with van der Waals surface area (Å²) in [5.41, 5.74) is -1.92. The molecule has 0 saturated carbocycles. The molecule has 1 aliphatic heterocycles. The van der Waals surface area contributed by atoms with E-state index in [9.17, 15) is 39.6 Å². The van der Waals surface area contributed by atoms with E-state index in [0.717, 1.165) is 30.3 Å². The number of carbonyl (C=O) groups excluding carboxylic acids is 1. The Morgan fingerprint density at radius 3 is 2.09 bits per heavy atom. The number of carbonyl (C=O) groups is 1. The number of nitrogens with one attached hydrogen (secondary N) is 2. The van der Waals surface area contributed by atoms with Gasteiger partial charge in [-0.1, -0.05) is 0 Å². The van der Waals surface area contributed by atoms with Gasteiger partial charge in [-0.3, -0.25) is 9.52 Å². The standard InChI is InChI=1S/C22H12F6N2O3S/c23-12-7-18(24)17(19(25)8-12)10-16-15-9-14(5-6-20(15)29-21(16)31)34(32,33)30-13-3-1-11(2-4-13)22(26,27)28/h1-10,30H,(H,29,31). The summed E-state index contributed by atoms with van der Waals surface area (Å²) >= 11 is 0. The molecule has 0 atom stereocenters. The SMILES string of the molecule is O=C1Nc2ccc(S(=O)(=O)Nc3ccc(C(F)(F)F)cc3)cc2C1=Cc1c(F)cc(F)cc1F. The summed E-state index contributed by atoms with van der Waals surface area (Å²) in [5, 5.41) is 2.42. The number of halogens is 6. The third kappa shape index (κ3) is 4.49. The highest BCUT2D eigenvalue weighted by Gasteiger charge is 2.31. The Morgan fingerprint density at radius 2 is 1.50 bits per heavy atom. The Kier molecular flexibility index (Phi) is 5.64. The van der Waals surface area contributed by atoms with Crippen molar-refractivity contribution in [2.45, 2.75) is 11.1 Å². The molecule has 1 heterocycles. The van der Waals surface area contributed by atoms with Gasteiger partial charge < -0.3 is 5.32 Å². The number of sulfonamides is 1. The summed E-state index contributed by atoms with van der Waals surface area (Å²) in [6, 6.07) is 7.57. The molecule has 3 aromatic rings. The van der Waals surface area contributed by atoms with Gasteiger partial charge in [0.2, 0.25) is 0 Å². The summed E-state index contributed by atoms with van der Waals surface area (Å²) in [7, 11) is -4.31. The van der Waals surface area contributed by atoms with E-state index in [0.29, 0.717) is 24.3 Å². The van der Waals surface area contributed by atoms with Crippen LogP contribution in [0.25, 0.3) is 11.6 Å². The molecule has 5 nitrogen and oxygen atoms in total. The second kappa shape index (κ2) is 8.20. The molecule has 0 bridgehead atoms. The van der Waals surface area contributed by atoms with E-state index in [1.807, 2.05) is 0 Å². The van der Waals surface area contributed by atoms with Crippen LogP contribution < -0.4 is 10.0 Å². The van der Waals surface area contributed by atoms with Crippen molar-refractivity contribution in [1.29, 1.82) is 0 Å². The van der Waals surface area contributed by atoms with Crippen LogP contribution in [0.4, 0.5) is 37.7 Å². The van der Waals surface area contributed by atoms with Crippen molar-refractivity contribution < 1.29 is 39.6 Å². The molecule has 176 valence electrons. The number of fused-ring (bicyclic) bond motifs is 1. The predicted octanol–water partition coefficient (Wildman–Crippen LogP) is 5.42. The maximum atomic E-state index is 14.0. The van der Waals surface area contributed by atoms with Gasteiger partial charge in [-0.2, -0.15) is 13.2 Å². The number of alkyl halides is 3. The highest BCUT2D eigenvalue weighted by molar-refractivity contribution is 7.92. The summed E-state index contributed by atoms with van der Waals surface area (Å²) in [4.78, 5) is 12.0. The van der Waals surface area contributed by atoms with E-state index in [1.54, 1.807) is 0 Å². The van der Waals surface area contributed by atoms with Crippen LogP contribution in [0.3, 0.4) is 0 Å². The van der Waals surface area contributed by atoms with Crippen molar-refractivity contribution in [2.24, 2.45) is 0 Å². The summed E-state index contributed by atoms with van der Waals surface area (Å²) in [5.74, 6) is -4.46. The highest BCUT2D eigenvalue weighted by atomic mass is 32.2. The maximum Gasteiger partial charge on any atom is 0.416 e. The molecule has 0 unspecified atom stereocenters. The van der Waals surface area contributed by atoms with E-state index >= 15 is 0 Å². The van der Waals surface area contributed by atoms with Crippen molar-refractivity contribution in [2.75, 3.05) is 10.0 Å². The van der Waals surface area contributed by atoms with Gasteiger partial charge in [0.1, 0.15) is 17.5 Å². The monoisotopic (exact) mass is 498 g/mol. The Labute approximate surface area is 188 Å².